The Kier molecular flexibility index (Phi) is 2.44. The van der Waals surface area contributed by atoms with Crippen molar-refractivity contribution < 1.29 is 0 Å². The Bertz CT molecular complexity index is 271. The molecule has 1 aromatic carbocycles. The van der Waals surface area contributed by atoms with Crippen LogP contribution in [0.15, 0.2) is 15.0 Å². The lowest BCUT2D eigenvalue weighted by Crippen LogP contribution is -1.96. The van der Waals surface area contributed by atoms with Gasteiger partial charge in [0.25, 0.3) is 0 Å². The smallest absolute Gasteiger partial charge is 0.0607 e. The van der Waals surface area contributed by atoms with Gasteiger partial charge in [-0.25, -0.2) is 0 Å². The molecular weight excluding hydrogens is 272 g/mol. The lowest BCUT2D eigenvalue weighted by molar-refractivity contribution is 1.42. The zero-order valence-electron chi connectivity index (χ0n) is 5.99. The van der Waals surface area contributed by atoms with Gasteiger partial charge in [0, 0.05) is 14.6 Å². The highest BCUT2D eigenvalue weighted by Gasteiger charge is 2.06. The number of halogens is 2. The number of rotatable bonds is 0. The van der Waals surface area contributed by atoms with E-state index < -0.39 is 0 Å². The maximum absolute atomic E-state index is 5.70. The van der Waals surface area contributed by atoms with Gasteiger partial charge >= 0.3 is 0 Å². The molecule has 0 aliphatic heterocycles. The molecule has 0 radical (unpaired) electrons. The summed E-state index contributed by atoms with van der Waals surface area (Å²) in [6, 6.07) is 1.80. The summed E-state index contributed by atoms with van der Waals surface area (Å²) in [4.78, 5) is 0. The third-order valence-corrected chi connectivity index (χ3v) is 3.22. The topological polar surface area (TPSA) is 52.0 Å². The van der Waals surface area contributed by atoms with Crippen molar-refractivity contribution in [3.63, 3.8) is 0 Å². The van der Waals surface area contributed by atoms with Crippen LogP contribution >= 0.6 is 31.9 Å². The van der Waals surface area contributed by atoms with E-state index in [0.717, 1.165) is 20.2 Å². The summed E-state index contributed by atoms with van der Waals surface area (Å²) >= 11 is 6.64. The van der Waals surface area contributed by atoms with Crippen LogP contribution in [-0.4, -0.2) is 0 Å². The molecule has 4 heteroatoms. The highest BCUT2D eigenvalue weighted by atomic mass is 79.9. The van der Waals surface area contributed by atoms with Gasteiger partial charge in [-0.1, -0.05) is 0 Å². The molecule has 0 atom stereocenters. The summed E-state index contributed by atoms with van der Waals surface area (Å²) in [6.45, 7) is 1.92. The molecule has 11 heavy (non-hydrogen) atoms. The molecule has 0 heterocycles. The van der Waals surface area contributed by atoms with Crippen molar-refractivity contribution in [1.82, 2.24) is 0 Å². The minimum Gasteiger partial charge on any atom is -0.398 e. The Morgan fingerprint density at radius 1 is 1.27 bits per heavy atom. The summed E-state index contributed by atoms with van der Waals surface area (Å²) in [5, 5.41) is 0. The molecule has 0 saturated heterocycles. The predicted molar refractivity (Wildman–Crippen MR) is 55.4 cm³/mol. The van der Waals surface area contributed by atoms with Crippen LogP contribution in [0.2, 0.25) is 0 Å². The van der Waals surface area contributed by atoms with Gasteiger partial charge in [0.2, 0.25) is 0 Å². The molecular formula is C7H8Br2N2. The van der Waals surface area contributed by atoms with Crippen molar-refractivity contribution in [1.29, 1.82) is 0 Å². The fourth-order valence-corrected chi connectivity index (χ4v) is 1.91. The second kappa shape index (κ2) is 3.03. The third-order valence-electron chi connectivity index (χ3n) is 1.54. The van der Waals surface area contributed by atoms with Gasteiger partial charge in [-0.05, 0) is 50.4 Å². The fraction of sp³-hybridized carbons (Fsp3) is 0.143. The number of benzene rings is 1. The molecule has 60 valence electrons. The molecule has 0 unspecified atom stereocenters. The van der Waals surface area contributed by atoms with Crippen LogP contribution in [0.25, 0.3) is 0 Å². The minimum atomic E-state index is 0.691. The zero-order chi connectivity index (χ0) is 8.59. The Morgan fingerprint density at radius 2 is 1.82 bits per heavy atom. The lowest BCUT2D eigenvalue weighted by atomic mass is 10.2. The standard InChI is InChI=1S/C7H8Br2N2/c1-3-5(10)2-4(8)7(11)6(3)9/h2H,10-11H2,1H3. The molecule has 0 saturated carbocycles. The first-order valence-corrected chi connectivity index (χ1v) is 4.62. The van der Waals surface area contributed by atoms with Crippen LogP contribution in [0.3, 0.4) is 0 Å². The van der Waals surface area contributed by atoms with E-state index in [1.165, 1.54) is 0 Å². The van der Waals surface area contributed by atoms with Crippen molar-refractivity contribution in [2.24, 2.45) is 0 Å². The number of hydrogen-bond acceptors (Lipinski definition) is 2. The quantitative estimate of drug-likeness (QED) is 0.718. The van der Waals surface area contributed by atoms with E-state index in [0.29, 0.717) is 5.69 Å². The van der Waals surface area contributed by atoms with Gasteiger partial charge in [-0.15, -0.1) is 0 Å². The first kappa shape index (κ1) is 8.87. The first-order chi connectivity index (χ1) is 5.04. The summed E-state index contributed by atoms with van der Waals surface area (Å²) in [6.07, 6.45) is 0. The normalized spacial score (nSPS) is 10.1. The maximum Gasteiger partial charge on any atom is 0.0607 e. The zero-order valence-corrected chi connectivity index (χ0v) is 9.16. The molecule has 0 aliphatic carbocycles. The second-order valence-electron chi connectivity index (χ2n) is 2.30. The molecule has 0 fully saturated rings. The van der Waals surface area contributed by atoms with Crippen LogP contribution in [-0.2, 0) is 0 Å². The number of anilines is 2. The highest BCUT2D eigenvalue weighted by Crippen LogP contribution is 2.34. The second-order valence-corrected chi connectivity index (χ2v) is 3.95. The minimum absolute atomic E-state index is 0.691. The van der Waals surface area contributed by atoms with Crippen LogP contribution in [0.4, 0.5) is 11.4 Å². The highest BCUT2D eigenvalue weighted by molar-refractivity contribution is 9.11. The van der Waals surface area contributed by atoms with Gasteiger partial charge in [-0.2, -0.15) is 0 Å². The van der Waals surface area contributed by atoms with Crippen LogP contribution in [0.5, 0.6) is 0 Å². The van der Waals surface area contributed by atoms with Gasteiger partial charge < -0.3 is 11.5 Å². The average Bonchev–Trinajstić information content (AvgIpc) is 1.97. The van der Waals surface area contributed by atoms with Crippen molar-refractivity contribution in [3.8, 4) is 0 Å². The van der Waals surface area contributed by atoms with E-state index in [1.807, 2.05) is 6.92 Å². The molecule has 0 bridgehead atoms. The van der Waals surface area contributed by atoms with E-state index in [9.17, 15) is 0 Å². The van der Waals surface area contributed by atoms with Crippen LogP contribution in [0.1, 0.15) is 5.56 Å². The summed E-state index contributed by atoms with van der Waals surface area (Å²) in [5.41, 5.74) is 13.8. The Hall–Kier alpha value is -0.220. The van der Waals surface area contributed by atoms with Gasteiger partial charge in [0.05, 0.1) is 5.69 Å². The lowest BCUT2D eigenvalue weighted by Gasteiger charge is -2.07. The van der Waals surface area contributed by atoms with Crippen molar-refractivity contribution in [2.45, 2.75) is 6.92 Å². The molecule has 0 aliphatic rings. The van der Waals surface area contributed by atoms with Crippen molar-refractivity contribution >= 4 is 43.2 Å². The summed E-state index contributed by atoms with van der Waals surface area (Å²) < 4.78 is 1.69. The Labute approximate surface area is 82.2 Å². The predicted octanol–water partition coefficient (Wildman–Crippen LogP) is 2.68. The Balaban J connectivity index is 3.46. The first-order valence-electron chi connectivity index (χ1n) is 3.03. The number of hydrogen-bond donors (Lipinski definition) is 2. The van der Waals surface area contributed by atoms with Gasteiger partial charge in [0.1, 0.15) is 0 Å². The van der Waals surface area contributed by atoms with Gasteiger partial charge in [-0.3, -0.25) is 0 Å². The third kappa shape index (κ3) is 1.51. The van der Waals surface area contributed by atoms with E-state index in [-0.39, 0.29) is 0 Å². The van der Waals surface area contributed by atoms with Crippen LogP contribution < -0.4 is 11.5 Å². The average molecular weight is 280 g/mol. The monoisotopic (exact) mass is 278 g/mol. The fourth-order valence-electron chi connectivity index (χ4n) is 0.756. The van der Waals surface area contributed by atoms with E-state index in [4.69, 9.17) is 11.5 Å². The maximum atomic E-state index is 5.70. The molecule has 0 aromatic heterocycles. The molecule has 0 spiro atoms. The SMILES string of the molecule is Cc1c(N)cc(Br)c(N)c1Br. The molecule has 0 amide bonds. The molecule has 2 nitrogen and oxygen atoms in total. The van der Waals surface area contributed by atoms with Crippen molar-refractivity contribution in [3.05, 3.63) is 20.6 Å². The van der Waals surface area contributed by atoms with Crippen LogP contribution in [0, 0.1) is 6.92 Å². The van der Waals surface area contributed by atoms with E-state index in [1.54, 1.807) is 6.07 Å². The molecule has 4 N–H and O–H groups in total. The van der Waals surface area contributed by atoms with Gasteiger partial charge in [0.15, 0.2) is 0 Å². The summed E-state index contributed by atoms with van der Waals surface area (Å²) in [7, 11) is 0. The number of nitrogen functional groups attached to an aromatic ring is 2. The molecule has 1 aromatic rings. The number of nitrogens with two attached hydrogens (primary N) is 2. The molecule has 1 rings (SSSR count). The Morgan fingerprint density at radius 3 is 2.36 bits per heavy atom. The van der Waals surface area contributed by atoms with E-state index in [2.05, 4.69) is 31.9 Å². The summed E-state index contributed by atoms with van der Waals surface area (Å²) in [5.74, 6) is 0. The largest absolute Gasteiger partial charge is 0.398 e. The van der Waals surface area contributed by atoms with Crippen molar-refractivity contribution in [2.75, 3.05) is 11.5 Å². The van der Waals surface area contributed by atoms with E-state index >= 15 is 0 Å².